The van der Waals surface area contributed by atoms with Crippen LogP contribution in [-0.4, -0.2) is 16.8 Å². The van der Waals surface area contributed by atoms with Gasteiger partial charge >= 0.3 is 6.18 Å². The Hall–Kier alpha value is -2.12. The second-order valence-electron chi connectivity index (χ2n) is 4.84. The lowest BCUT2D eigenvalue weighted by molar-refractivity contribution is -0.137. The molecule has 0 aliphatic rings. The average molecular weight is 340 g/mol. The molecule has 23 heavy (non-hydrogen) atoms. The summed E-state index contributed by atoms with van der Waals surface area (Å²) < 4.78 is 37.4. The number of hydrogen-bond acceptors (Lipinski definition) is 2. The van der Waals surface area contributed by atoms with Gasteiger partial charge in [0.15, 0.2) is 5.11 Å². The molecule has 1 atom stereocenters. The molecule has 0 saturated heterocycles. The Morgan fingerprint density at radius 1 is 1.04 bits per heavy atom. The summed E-state index contributed by atoms with van der Waals surface area (Å²) in [5.74, 6) is 0. The van der Waals surface area contributed by atoms with Crippen LogP contribution in [0.4, 0.5) is 18.9 Å². The van der Waals surface area contributed by atoms with Crippen molar-refractivity contribution in [3.63, 3.8) is 0 Å². The molecule has 0 aliphatic carbocycles. The van der Waals surface area contributed by atoms with Gasteiger partial charge in [-0.2, -0.15) is 13.2 Å². The van der Waals surface area contributed by atoms with Crippen molar-refractivity contribution in [1.82, 2.24) is 5.32 Å². The summed E-state index contributed by atoms with van der Waals surface area (Å²) in [6.07, 6.45) is -5.35. The molecule has 1 unspecified atom stereocenters. The first-order valence-electron chi connectivity index (χ1n) is 6.81. The molecule has 0 saturated carbocycles. The lowest BCUT2D eigenvalue weighted by Crippen LogP contribution is -2.32. The maximum absolute atomic E-state index is 12.5. The SMILES string of the molecule is OC(CNC(=S)Nc1ccccc1)c1ccc(C(F)(F)F)cc1. The predicted octanol–water partition coefficient (Wildman–Crippen LogP) is 3.73. The number of aliphatic hydroxyl groups is 1. The third-order valence-electron chi connectivity index (χ3n) is 3.11. The van der Waals surface area contributed by atoms with Gasteiger partial charge in [-0.25, -0.2) is 0 Å². The number of halogens is 3. The van der Waals surface area contributed by atoms with Gasteiger partial charge in [0.25, 0.3) is 0 Å². The summed E-state index contributed by atoms with van der Waals surface area (Å²) >= 11 is 5.09. The molecule has 0 heterocycles. The molecule has 3 N–H and O–H groups in total. The van der Waals surface area contributed by atoms with E-state index in [2.05, 4.69) is 10.6 Å². The summed E-state index contributed by atoms with van der Waals surface area (Å²) in [4.78, 5) is 0. The van der Waals surface area contributed by atoms with Gasteiger partial charge in [0.2, 0.25) is 0 Å². The van der Waals surface area contributed by atoms with Crippen molar-refractivity contribution in [2.24, 2.45) is 0 Å². The van der Waals surface area contributed by atoms with Crippen LogP contribution in [0.15, 0.2) is 54.6 Å². The van der Waals surface area contributed by atoms with Gasteiger partial charge in [-0.3, -0.25) is 0 Å². The molecule has 0 aliphatic heterocycles. The van der Waals surface area contributed by atoms with E-state index in [9.17, 15) is 18.3 Å². The van der Waals surface area contributed by atoms with Crippen LogP contribution in [0.2, 0.25) is 0 Å². The largest absolute Gasteiger partial charge is 0.416 e. The van der Waals surface area contributed by atoms with Crippen molar-refractivity contribution in [2.45, 2.75) is 12.3 Å². The van der Waals surface area contributed by atoms with E-state index in [4.69, 9.17) is 12.2 Å². The van der Waals surface area contributed by atoms with E-state index in [-0.39, 0.29) is 6.54 Å². The third-order valence-corrected chi connectivity index (χ3v) is 3.36. The maximum atomic E-state index is 12.5. The number of rotatable bonds is 4. The van der Waals surface area contributed by atoms with Crippen LogP contribution in [-0.2, 0) is 6.18 Å². The van der Waals surface area contributed by atoms with Crippen LogP contribution in [0.5, 0.6) is 0 Å². The molecule has 3 nitrogen and oxygen atoms in total. The smallest absolute Gasteiger partial charge is 0.387 e. The number of aliphatic hydroxyl groups excluding tert-OH is 1. The van der Waals surface area contributed by atoms with Crippen LogP contribution in [0.25, 0.3) is 0 Å². The van der Waals surface area contributed by atoms with E-state index in [0.29, 0.717) is 10.7 Å². The van der Waals surface area contributed by atoms with E-state index < -0.39 is 17.8 Å². The van der Waals surface area contributed by atoms with Crippen molar-refractivity contribution < 1.29 is 18.3 Å². The van der Waals surface area contributed by atoms with Gasteiger partial charge in [-0.15, -0.1) is 0 Å². The maximum Gasteiger partial charge on any atom is 0.416 e. The Labute approximate surface area is 137 Å². The highest BCUT2D eigenvalue weighted by molar-refractivity contribution is 7.80. The first-order chi connectivity index (χ1) is 10.9. The Morgan fingerprint density at radius 2 is 1.65 bits per heavy atom. The minimum absolute atomic E-state index is 0.0873. The minimum Gasteiger partial charge on any atom is -0.387 e. The summed E-state index contributed by atoms with van der Waals surface area (Å²) in [5.41, 5.74) is 0.435. The standard InChI is InChI=1S/C16H15F3N2OS/c17-16(18,19)12-8-6-11(7-9-12)14(22)10-20-15(23)21-13-4-2-1-3-5-13/h1-9,14,22H,10H2,(H2,20,21,23). The third kappa shape index (κ3) is 5.22. The van der Waals surface area contributed by atoms with Gasteiger partial charge in [-0.05, 0) is 42.0 Å². The molecule has 0 bridgehead atoms. The molecular formula is C16H15F3N2OS. The lowest BCUT2D eigenvalue weighted by atomic mass is 10.1. The highest BCUT2D eigenvalue weighted by Crippen LogP contribution is 2.29. The van der Waals surface area contributed by atoms with Gasteiger partial charge < -0.3 is 15.7 Å². The van der Waals surface area contributed by atoms with Gasteiger partial charge in [-0.1, -0.05) is 30.3 Å². The topological polar surface area (TPSA) is 44.3 Å². The lowest BCUT2D eigenvalue weighted by Gasteiger charge is -2.15. The van der Waals surface area contributed by atoms with Crippen molar-refractivity contribution in [3.05, 3.63) is 65.7 Å². The molecule has 0 spiro atoms. The van der Waals surface area contributed by atoms with Crippen LogP contribution >= 0.6 is 12.2 Å². The number of benzene rings is 2. The highest BCUT2D eigenvalue weighted by Gasteiger charge is 2.30. The molecule has 2 rings (SSSR count). The van der Waals surface area contributed by atoms with Gasteiger partial charge in [0, 0.05) is 12.2 Å². The predicted molar refractivity (Wildman–Crippen MR) is 87.1 cm³/mol. The number of alkyl halides is 3. The minimum atomic E-state index is -4.39. The summed E-state index contributed by atoms with van der Waals surface area (Å²) in [6.45, 7) is 0.0873. The second kappa shape index (κ2) is 7.43. The van der Waals surface area contributed by atoms with Gasteiger partial charge in [0.1, 0.15) is 0 Å². The van der Waals surface area contributed by atoms with Crippen LogP contribution in [0.1, 0.15) is 17.2 Å². The Morgan fingerprint density at radius 3 is 2.22 bits per heavy atom. The summed E-state index contributed by atoms with van der Waals surface area (Å²) in [7, 11) is 0. The van der Waals surface area contributed by atoms with Crippen LogP contribution < -0.4 is 10.6 Å². The van der Waals surface area contributed by atoms with Crippen molar-refractivity contribution in [2.75, 3.05) is 11.9 Å². The molecule has 0 amide bonds. The fourth-order valence-electron chi connectivity index (χ4n) is 1.90. The number of thiocarbonyl (C=S) groups is 1. The fraction of sp³-hybridized carbons (Fsp3) is 0.188. The first kappa shape index (κ1) is 17.2. The second-order valence-corrected chi connectivity index (χ2v) is 5.24. The Balaban J connectivity index is 1.87. The van der Waals surface area contributed by atoms with E-state index in [1.807, 2.05) is 30.3 Å². The molecule has 2 aromatic carbocycles. The number of hydrogen-bond donors (Lipinski definition) is 3. The van der Waals surface area contributed by atoms with E-state index in [0.717, 1.165) is 17.8 Å². The van der Waals surface area contributed by atoms with Crippen LogP contribution in [0, 0.1) is 0 Å². The van der Waals surface area contributed by atoms with E-state index in [1.54, 1.807) is 0 Å². The normalized spacial score (nSPS) is 12.5. The molecule has 7 heteroatoms. The molecule has 0 radical (unpaired) electrons. The number of nitrogens with one attached hydrogen (secondary N) is 2. The van der Waals surface area contributed by atoms with Crippen LogP contribution in [0.3, 0.4) is 0 Å². The Bertz CT molecular complexity index is 645. The van der Waals surface area contributed by atoms with E-state index >= 15 is 0 Å². The molecule has 0 aromatic heterocycles. The quantitative estimate of drug-likeness (QED) is 0.742. The monoisotopic (exact) mass is 340 g/mol. The average Bonchev–Trinajstić information content (AvgIpc) is 2.53. The van der Waals surface area contributed by atoms with Gasteiger partial charge in [0.05, 0.1) is 11.7 Å². The molecule has 0 fully saturated rings. The highest BCUT2D eigenvalue weighted by atomic mass is 32.1. The fourth-order valence-corrected chi connectivity index (χ4v) is 2.10. The Kier molecular flexibility index (Phi) is 5.57. The number of anilines is 1. The van der Waals surface area contributed by atoms with E-state index in [1.165, 1.54) is 12.1 Å². The molecule has 2 aromatic rings. The summed E-state index contributed by atoms with van der Waals surface area (Å²) in [5, 5.41) is 16.1. The van der Waals surface area contributed by atoms with Crippen molar-refractivity contribution in [1.29, 1.82) is 0 Å². The molecule has 122 valence electrons. The van der Waals surface area contributed by atoms with Crippen molar-refractivity contribution in [3.8, 4) is 0 Å². The zero-order valence-corrected chi connectivity index (χ0v) is 12.8. The zero-order valence-electron chi connectivity index (χ0n) is 12.0. The first-order valence-corrected chi connectivity index (χ1v) is 7.22. The summed E-state index contributed by atoms with van der Waals surface area (Å²) in [6, 6.07) is 13.6. The number of para-hydroxylation sites is 1. The molecular weight excluding hydrogens is 325 g/mol. The zero-order chi connectivity index (χ0) is 16.9. The van der Waals surface area contributed by atoms with Crippen molar-refractivity contribution >= 4 is 23.0 Å².